The van der Waals surface area contributed by atoms with Crippen LogP contribution in [0.3, 0.4) is 0 Å². The van der Waals surface area contributed by atoms with Crippen LogP contribution in [0, 0.1) is 5.41 Å². The van der Waals surface area contributed by atoms with E-state index in [1.807, 2.05) is 0 Å². The van der Waals surface area contributed by atoms with Crippen molar-refractivity contribution in [3.8, 4) is 0 Å². The lowest BCUT2D eigenvalue weighted by atomic mass is 9.74. The number of ether oxygens (including phenoxy) is 1. The van der Waals surface area contributed by atoms with E-state index in [1.54, 1.807) is 0 Å². The third-order valence-electron chi connectivity index (χ3n) is 4.70. The van der Waals surface area contributed by atoms with Crippen LogP contribution in [-0.4, -0.2) is 25.5 Å². The first-order valence-corrected chi connectivity index (χ1v) is 8.28. The van der Waals surface area contributed by atoms with Gasteiger partial charge in [0.2, 0.25) is 5.91 Å². The molecule has 1 saturated carbocycles. The first-order valence-electron chi connectivity index (χ1n) is 8.28. The third kappa shape index (κ3) is 4.96. The van der Waals surface area contributed by atoms with Gasteiger partial charge in [-0.15, -0.1) is 0 Å². The van der Waals surface area contributed by atoms with Crippen LogP contribution in [0.4, 0.5) is 13.2 Å². The largest absolute Gasteiger partial charge is 0.469 e. The molecule has 138 valence electrons. The monoisotopic (exact) mass is 357 g/mol. The smallest absolute Gasteiger partial charge is 0.416 e. The molecule has 1 aliphatic rings. The summed E-state index contributed by atoms with van der Waals surface area (Å²) in [6, 6.07) is 4.50. The van der Waals surface area contributed by atoms with E-state index in [0.717, 1.165) is 31.4 Å². The summed E-state index contributed by atoms with van der Waals surface area (Å²) in [5.41, 5.74) is -0.951. The molecule has 1 aromatic rings. The van der Waals surface area contributed by atoms with E-state index in [4.69, 9.17) is 4.74 Å². The lowest BCUT2D eigenvalue weighted by molar-refractivity contribution is -0.154. The highest BCUT2D eigenvalue weighted by atomic mass is 19.4. The van der Waals surface area contributed by atoms with E-state index in [2.05, 4.69) is 5.32 Å². The van der Waals surface area contributed by atoms with Crippen LogP contribution < -0.4 is 5.32 Å². The number of halogens is 3. The molecule has 1 aliphatic carbocycles. The molecule has 1 amide bonds. The second-order valence-electron chi connectivity index (χ2n) is 6.48. The number of amides is 1. The number of hydrogen-bond acceptors (Lipinski definition) is 3. The summed E-state index contributed by atoms with van der Waals surface area (Å²) in [4.78, 5) is 24.2. The van der Waals surface area contributed by atoms with Gasteiger partial charge in [0.05, 0.1) is 24.5 Å². The van der Waals surface area contributed by atoms with Gasteiger partial charge in [-0.05, 0) is 30.5 Å². The number of carbonyl (C=O) groups excluding carboxylic acids is 2. The first-order chi connectivity index (χ1) is 11.8. The number of rotatable bonds is 5. The molecule has 0 radical (unpaired) electrons. The van der Waals surface area contributed by atoms with Crippen LogP contribution in [0.25, 0.3) is 0 Å². The fraction of sp³-hybridized carbons (Fsp3) is 0.556. The van der Waals surface area contributed by atoms with Crippen LogP contribution in [0.15, 0.2) is 24.3 Å². The Labute approximate surface area is 144 Å². The minimum atomic E-state index is -4.39. The second-order valence-corrected chi connectivity index (χ2v) is 6.48. The van der Waals surface area contributed by atoms with Crippen molar-refractivity contribution in [1.29, 1.82) is 0 Å². The summed E-state index contributed by atoms with van der Waals surface area (Å²) in [6.07, 6.45) is -0.226. The topological polar surface area (TPSA) is 55.4 Å². The fourth-order valence-corrected chi connectivity index (χ4v) is 3.23. The highest BCUT2D eigenvalue weighted by Gasteiger charge is 2.40. The normalized spacial score (nSPS) is 17.0. The summed E-state index contributed by atoms with van der Waals surface area (Å²) < 4.78 is 42.5. The van der Waals surface area contributed by atoms with Gasteiger partial charge in [0, 0.05) is 6.54 Å². The van der Waals surface area contributed by atoms with Gasteiger partial charge in [-0.2, -0.15) is 13.2 Å². The van der Waals surface area contributed by atoms with E-state index in [9.17, 15) is 22.8 Å². The van der Waals surface area contributed by atoms with E-state index >= 15 is 0 Å². The van der Waals surface area contributed by atoms with Crippen molar-refractivity contribution >= 4 is 11.9 Å². The number of esters is 1. The Hall–Kier alpha value is -2.05. The Bertz CT molecular complexity index is 605. The standard InChI is InChI=1S/C18H22F3NO3/c1-25-16(24)17(9-3-2-4-10-17)12-22-15(23)11-13-5-7-14(8-6-13)18(19,20)21/h5-8H,2-4,9-12H2,1H3,(H,22,23). The SMILES string of the molecule is COC(=O)C1(CNC(=O)Cc2ccc(C(F)(F)F)cc2)CCCCC1. The van der Waals surface area contributed by atoms with Gasteiger partial charge in [0.25, 0.3) is 0 Å². The molecule has 7 heteroatoms. The van der Waals surface area contributed by atoms with Crippen LogP contribution in [0.2, 0.25) is 0 Å². The minimum Gasteiger partial charge on any atom is -0.469 e. The predicted molar refractivity (Wildman–Crippen MR) is 85.7 cm³/mol. The molecule has 0 aromatic heterocycles. The quantitative estimate of drug-likeness (QED) is 0.821. The van der Waals surface area contributed by atoms with Gasteiger partial charge in [-0.25, -0.2) is 0 Å². The van der Waals surface area contributed by atoms with Crippen LogP contribution in [0.1, 0.15) is 43.2 Å². The number of alkyl halides is 3. The van der Waals surface area contributed by atoms with Gasteiger partial charge in [-0.3, -0.25) is 9.59 Å². The van der Waals surface area contributed by atoms with Crippen LogP contribution in [-0.2, 0) is 26.9 Å². The Morgan fingerprint density at radius 3 is 2.24 bits per heavy atom. The molecular weight excluding hydrogens is 335 g/mol. The van der Waals surface area contributed by atoms with Crippen molar-refractivity contribution in [2.75, 3.05) is 13.7 Å². The number of carbonyl (C=O) groups is 2. The Morgan fingerprint density at radius 2 is 1.72 bits per heavy atom. The maximum Gasteiger partial charge on any atom is 0.416 e. The highest BCUT2D eigenvalue weighted by molar-refractivity contribution is 5.81. The Balaban J connectivity index is 1.94. The predicted octanol–water partition coefficient (Wildman–Crippen LogP) is 3.49. The van der Waals surface area contributed by atoms with Gasteiger partial charge in [0.1, 0.15) is 0 Å². The number of nitrogens with one attached hydrogen (secondary N) is 1. The molecule has 25 heavy (non-hydrogen) atoms. The lowest BCUT2D eigenvalue weighted by Crippen LogP contribution is -2.45. The van der Waals surface area contributed by atoms with Crippen molar-refractivity contribution in [2.24, 2.45) is 5.41 Å². The van der Waals surface area contributed by atoms with E-state index < -0.39 is 17.2 Å². The molecule has 1 N–H and O–H groups in total. The van der Waals surface area contributed by atoms with E-state index in [0.29, 0.717) is 18.4 Å². The Morgan fingerprint density at radius 1 is 1.12 bits per heavy atom. The molecule has 2 rings (SSSR count). The molecule has 0 heterocycles. The number of benzene rings is 1. The molecule has 0 aliphatic heterocycles. The molecule has 0 unspecified atom stereocenters. The molecule has 0 saturated heterocycles. The maximum absolute atomic E-state index is 12.5. The molecule has 0 spiro atoms. The second kappa shape index (κ2) is 7.89. The van der Waals surface area contributed by atoms with Crippen LogP contribution in [0.5, 0.6) is 0 Å². The van der Waals surface area contributed by atoms with Crippen molar-refractivity contribution in [2.45, 2.75) is 44.7 Å². The average molecular weight is 357 g/mol. The first kappa shape index (κ1) is 19.3. The zero-order chi connectivity index (χ0) is 18.5. The summed E-state index contributed by atoms with van der Waals surface area (Å²) in [6.45, 7) is 0.194. The molecule has 0 atom stereocenters. The number of methoxy groups -OCH3 is 1. The molecular formula is C18H22F3NO3. The van der Waals surface area contributed by atoms with Gasteiger partial charge in [-0.1, -0.05) is 31.4 Å². The average Bonchev–Trinajstić information content (AvgIpc) is 2.60. The fourth-order valence-electron chi connectivity index (χ4n) is 3.23. The van der Waals surface area contributed by atoms with Crippen molar-refractivity contribution in [3.05, 3.63) is 35.4 Å². The summed E-state index contributed by atoms with van der Waals surface area (Å²) in [7, 11) is 1.34. The van der Waals surface area contributed by atoms with E-state index in [-0.39, 0.29) is 24.8 Å². The van der Waals surface area contributed by atoms with Gasteiger partial charge in [0.15, 0.2) is 0 Å². The summed E-state index contributed by atoms with van der Waals surface area (Å²) in [5.74, 6) is -0.643. The van der Waals surface area contributed by atoms with Crippen molar-refractivity contribution < 1.29 is 27.5 Å². The van der Waals surface area contributed by atoms with Gasteiger partial charge >= 0.3 is 12.1 Å². The molecule has 4 nitrogen and oxygen atoms in total. The summed E-state index contributed by atoms with van der Waals surface area (Å²) in [5, 5.41) is 2.74. The zero-order valence-corrected chi connectivity index (χ0v) is 14.1. The zero-order valence-electron chi connectivity index (χ0n) is 14.1. The third-order valence-corrected chi connectivity index (χ3v) is 4.70. The molecule has 1 fully saturated rings. The number of hydrogen-bond donors (Lipinski definition) is 1. The van der Waals surface area contributed by atoms with Crippen LogP contribution >= 0.6 is 0 Å². The molecule has 1 aromatic carbocycles. The lowest BCUT2D eigenvalue weighted by Gasteiger charge is -2.34. The Kier molecular flexibility index (Phi) is 6.08. The van der Waals surface area contributed by atoms with Crippen molar-refractivity contribution in [1.82, 2.24) is 5.32 Å². The molecule has 0 bridgehead atoms. The highest BCUT2D eigenvalue weighted by Crippen LogP contribution is 2.37. The summed E-state index contributed by atoms with van der Waals surface area (Å²) >= 11 is 0. The minimum absolute atomic E-state index is 0.0324. The van der Waals surface area contributed by atoms with Crippen molar-refractivity contribution in [3.63, 3.8) is 0 Å². The maximum atomic E-state index is 12.5. The van der Waals surface area contributed by atoms with Gasteiger partial charge < -0.3 is 10.1 Å². The van der Waals surface area contributed by atoms with E-state index in [1.165, 1.54) is 19.2 Å².